The van der Waals surface area contributed by atoms with Crippen LogP contribution in [0.25, 0.3) is 10.8 Å². The van der Waals surface area contributed by atoms with Gasteiger partial charge in [0.15, 0.2) is 11.5 Å². The Morgan fingerprint density at radius 2 is 1.61 bits per heavy atom. The molecule has 5 heteroatoms. The van der Waals surface area contributed by atoms with Gasteiger partial charge < -0.3 is 14.2 Å². The number of fused-ring (bicyclic) bond motifs is 4. The summed E-state index contributed by atoms with van der Waals surface area (Å²) in [6, 6.07) is 29.1. The first-order valence-corrected chi connectivity index (χ1v) is 11.1. The lowest BCUT2D eigenvalue weighted by Crippen LogP contribution is -2.34. The molecule has 5 nitrogen and oxygen atoms in total. The van der Waals surface area contributed by atoms with Crippen molar-refractivity contribution in [3.05, 3.63) is 102 Å². The van der Waals surface area contributed by atoms with Crippen molar-refractivity contribution >= 4 is 16.5 Å². The summed E-state index contributed by atoms with van der Waals surface area (Å²) in [6.07, 6.45) is 0.384. The zero-order valence-corrected chi connectivity index (χ0v) is 18.6. The highest BCUT2D eigenvalue weighted by atomic mass is 16.5. The Labute approximate surface area is 192 Å². The lowest BCUT2D eigenvalue weighted by atomic mass is 9.95. The minimum Gasteiger partial charge on any atom is -0.493 e. The summed E-state index contributed by atoms with van der Waals surface area (Å²) in [6.45, 7) is 0. The van der Waals surface area contributed by atoms with Crippen molar-refractivity contribution in [2.45, 2.75) is 18.7 Å². The maximum absolute atomic E-state index is 6.51. The zero-order valence-electron chi connectivity index (χ0n) is 18.6. The molecule has 164 valence electrons. The van der Waals surface area contributed by atoms with Gasteiger partial charge in [-0.05, 0) is 40.6 Å². The molecule has 0 radical (unpaired) electrons. The first-order chi connectivity index (χ1) is 16.3. The molecule has 4 aromatic rings. The Morgan fingerprint density at radius 1 is 0.818 bits per heavy atom. The second-order valence-corrected chi connectivity index (χ2v) is 8.30. The van der Waals surface area contributed by atoms with E-state index in [2.05, 4.69) is 59.6 Å². The SMILES string of the molecule is COc1cccc(C2Oc3ccccc3C3CC(c4ccc5ccccc5c4)=NN32)c1OC. The number of methoxy groups -OCH3 is 2. The molecule has 0 amide bonds. The molecule has 0 N–H and O–H groups in total. The topological polar surface area (TPSA) is 43.3 Å². The summed E-state index contributed by atoms with van der Waals surface area (Å²) in [7, 11) is 3.30. The summed E-state index contributed by atoms with van der Waals surface area (Å²) in [4.78, 5) is 0. The minimum absolute atomic E-state index is 0.0809. The average molecular weight is 437 g/mol. The maximum atomic E-state index is 6.51. The van der Waals surface area contributed by atoms with Gasteiger partial charge in [0.25, 0.3) is 0 Å². The van der Waals surface area contributed by atoms with Crippen LogP contribution in [0.15, 0.2) is 90.0 Å². The van der Waals surface area contributed by atoms with Crippen molar-refractivity contribution in [3.8, 4) is 17.2 Å². The Kier molecular flexibility index (Phi) is 4.68. The maximum Gasteiger partial charge on any atom is 0.217 e. The molecule has 33 heavy (non-hydrogen) atoms. The predicted molar refractivity (Wildman–Crippen MR) is 129 cm³/mol. The third-order valence-electron chi connectivity index (χ3n) is 6.48. The highest BCUT2D eigenvalue weighted by molar-refractivity contribution is 6.04. The molecule has 6 rings (SSSR count). The monoisotopic (exact) mass is 436 g/mol. The first-order valence-electron chi connectivity index (χ1n) is 11.1. The smallest absolute Gasteiger partial charge is 0.217 e. The van der Waals surface area contributed by atoms with Crippen LogP contribution in [-0.4, -0.2) is 24.9 Å². The van der Waals surface area contributed by atoms with Crippen LogP contribution in [-0.2, 0) is 0 Å². The number of nitrogens with zero attached hydrogens (tertiary/aromatic N) is 2. The Morgan fingerprint density at radius 3 is 2.45 bits per heavy atom. The van der Waals surface area contributed by atoms with Crippen molar-refractivity contribution in [2.24, 2.45) is 5.10 Å². The van der Waals surface area contributed by atoms with Gasteiger partial charge in [-0.3, -0.25) is 0 Å². The number of hydrogen-bond acceptors (Lipinski definition) is 5. The van der Waals surface area contributed by atoms with Crippen LogP contribution in [0.3, 0.4) is 0 Å². The molecular weight excluding hydrogens is 412 g/mol. The average Bonchev–Trinajstić information content (AvgIpc) is 3.33. The lowest BCUT2D eigenvalue weighted by molar-refractivity contribution is -0.0205. The Bertz CT molecular complexity index is 1380. The van der Waals surface area contributed by atoms with E-state index in [4.69, 9.17) is 19.3 Å². The summed E-state index contributed by atoms with van der Waals surface area (Å²) in [5, 5.41) is 9.62. The van der Waals surface area contributed by atoms with Gasteiger partial charge in [-0.15, -0.1) is 0 Å². The summed E-state index contributed by atoms with van der Waals surface area (Å²) < 4.78 is 17.8. The van der Waals surface area contributed by atoms with E-state index in [0.29, 0.717) is 11.5 Å². The van der Waals surface area contributed by atoms with Crippen LogP contribution in [0.2, 0.25) is 0 Å². The number of hydrazone groups is 1. The van der Waals surface area contributed by atoms with Gasteiger partial charge in [-0.25, -0.2) is 5.01 Å². The van der Waals surface area contributed by atoms with Gasteiger partial charge in [-0.1, -0.05) is 60.7 Å². The number of benzene rings is 4. The van der Waals surface area contributed by atoms with Crippen LogP contribution in [0.4, 0.5) is 0 Å². The first kappa shape index (κ1) is 19.7. The van der Waals surface area contributed by atoms with Gasteiger partial charge in [0, 0.05) is 12.0 Å². The second-order valence-electron chi connectivity index (χ2n) is 8.30. The fourth-order valence-electron chi connectivity index (χ4n) is 4.89. The molecule has 0 bridgehead atoms. The van der Waals surface area contributed by atoms with Gasteiger partial charge in [0.05, 0.1) is 31.5 Å². The van der Waals surface area contributed by atoms with E-state index in [1.165, 1.54) is 10.8 Å². The van der Waals surface area contributed by atoms with E-state index in [1.54, 1.807) is 14.2 Å². The van der Waals surface area contributed by atoms with Crippen molar-refractivity contribution in [1.29, 1.82) is 0 Å². The Balaban J connectivity index is 1.47. The van der Waals surface area contributed by atoms with Crippen molar-refractivity contribution in [3.63, 3.8) is 0 Å². The molecular formula is C28H24N2O3. The number of ether oxygens (including phenoxy) is 3. The predicted octanol–water partition coefficient (Wildman–Crippen LogP) is 6.10. The van der Waals surface area contributed by atoms with E-state index in [9.17, 15) is 0 Å². The summed E-state index contributed by atoms with van der Waals surface area (Å²) in [5.41, 5.74) is 4.23. The molecule has 2 unspecified atom stereocenters. The van der Waals surface area contributed by atoms with E-state index in [0.717, 1.165) is 34.6 Å². The Hall–Kier alpha value is -3.99. The summed E-state index contributed by atoms with van der Waals surface area (Å²) >= 11 is 0. The van der Waals surface area contributed by atoms with Crippen LogP contribution in [0.1, 0.15) is 35.4 Å². The molecule has 0 fully saturated rings. The molecule has 0 aromatic heterocycles. The normalized spacial score (nSPS) is 18.8. The van der Waals surface area contributed by atoms with E-state index in [1.807, 2.05) is 30.3 Å². The quantitative estimate of drug-likeness (QED) is 0.388. The third kappa shape index (κ3) is 3.20. The molecule has 2 atom stereocenters. The molecule has 2 aliphatic rings. The summed E-state index contributed by atoms with van der Waals surface area (Å²) in [5.74, 6) is 2.22. The molecule has 0 aliphatic carbocycles. The molecule has 0 saturated heterocycles. The van der Waals surface area contributed by atoms with E-state index in [-0.39, 0.29) is 6.04 Å². The lowest BCUT2D eigenvalue weighted by Gasteiger charge is -2.38. The number of para-hydroxylation sites is 2. The molecule has 2 aliphatic heterocycles. The van der Waals surface area contributed by atoms with Gasteiger partial charge in [-0.2, -0.15) is 5.10 Å². The van der Waals surface area contributed by atoms with Gasteiger partial charge in [0.1, 0.15) is 5.75 Å². The molecule has 2 heterocycles. The van der Waals surface area contributed by atoms with Gasteiger partial charge >= 0.3 is 0 Å². The van der Waals surface area contributed by atoms with E-state index < -0.39 is 6.23 Å². The van der Waals surface area contributed by atoms with Crippen molar-refractivity contribution in [1.82, 2.24) is 5.01 Å². The fraction of sp³-hybridized carbons (Fsp3) is 0.179. The molecule has 4 aromatic carbocycles. The van der Waals surface area contributed by atoms with Crippen LogP contribution in [0.5, 0.6) is 17.2 Å². The standard InChI is InChI=1S/C28H24N2O3/c1-31-26-13-7-11-22(27(26)32-2)28-30-24(21-10-5-6-12-25(21)33-28)17-23(29-30)20-15-14-18-8-3-4-9-19(18)16-20/h3-16,24,28H,17H2,1-2H3. The van der Waals surface area contributed by atoms with Crippen molar-refractivity contribution < 1.29 is 14.2 Å². The van der Waals surface area contributed by atoms with Crippen LogP contribution < -0.4 is 14.2 Å². The highest BCUT2D eigenvalue weighted by Gasteiger charge is 2.42. The third-order valence-corrected chi connectivity index (χ3v) is 6.48. The van der Waals surface area contributed by atoms with Gasteiger partial charge in [0.2, 0.25) is 6.23 Å². The van der Waals surface area contributed by atoms with Crippen molar-refractivity contribution in [2.75, 3.05) is 14.2 Å². The second kappa shape index (κ2) is 7.85. The largest absolute Gasteiger partial charge is 0.493 e. The zero-order chi connectivity index (χ0) is 22.4. The molecule has 0 saturated carbocycles. The van der Waals surface area contributed by atoms with Crippen LogP contribution >= 0.6 is 0 Å². The fourth-order valence-corrected chi connectivity index (χ4v) is 4.89. The number of hydrogen-bond donors (Lipinski definition) is 0. The van der Waals surface area contributed by atoms with E-state index >= 15 is 0 Å². The highest BCUT2D eigenvalue weighted by Crippen LogP contribution is 2.50. The minimum atomic E-state index is -0.423. The molecule has 0 spiro atoms. The number of rotatable bonds is 4. The van der Waals surface area contributed by atoms with Crippen LogP contribution in [0, 0.1) is 0 Å².